The zero-order valence-electron chi connectivity index (χ0n) is 40.9. The second-order valence-corrected chi connectivity index (χ2v) is 20.7. The summed E-state index contributed by atoms with van der Waals surface area (Å²) in [5.41, 5.74) is 18.0. The van der Waals surface area contributed by atoms with Gasteiger partial charge in [-0.3, -0.25) is 0 Å². The third-order valence-corrected chi connectivity index (χ3v) is 16.3. The summed E-state index contributed by atoms with van der Waals surface area (Å²) in [6.45, 7) is 12.7. The summed E-state index contributed by atoms with van der Waals surface area (Å²) in [6.07, 6.45) is 5.36. The Kier molecular flexibility index (Phi) is 9.97. The molecule has 0 saturated heterocycles. The number of aromatic nitrogens is 5. The number of fused-ring (bicyclic) bond motifs is 12. The molecule has 5 nitrogen and oxygen atoms in total. The number of para-hydroxylation sites is 1. The fourth-order valence-electron chi connectivity index (χ4n) is 11.7. The fraction of sp³-hybridized carbons (Fsp3) is 0.0441. The third-order valence-electron chi connectivity index (χ3n) is 15.1. The molecule has 0 saturated carbocycles. The Morgan fingerprint density at radius 1 is 0.500 bits per heavy atom. The van der Waals surface area contributed by atoms with Gasteiger partial charge in [0.25, 0.3) is 0 Å². The maximum atomic E-state index is 5.01. The zero-order valence-corrected chi connectivity index (χ0v) is 41.7. The number of rotatable bonds is 9. The van der Waals surface area contributed by atoms with Gasteiger partial charge in [-0.15, -0.1) is 11.3 Å². The number of hydrogen-bond donors (Lipinski definition) is 0. The molecular weight excluding hydrogens is 919 g/mol. The van der Waals surface area contributed by atoms with Crippen molar-refractivity contribution in [2.24, 2.45) is 0 Å². The predicted octanol–water partition coefficient (Wildman–Crippen LogP) is 18.0. The molecule has 6 heteroatoms. The second-order valence-electron chi connectivity index (χ2n) is 19.6. The van der Waals surface area contributed by atoms with Gasteiger partial charge in [0.15, 0.2) is 17.5 Å². The van der Waals surface area contributed by atoms with Crippen LogP contribution in [0.3, 0.4) is 0 Å². The zero-order chi connectivity index (χ0) is 49.7. The Bertz CT molecular complexity index is 4470. The second kappa shape index (κ2) is 16.9. The van der Waals surface area contributed by atoms with Gasteiger partial charge in [-0.1, -0.05) is 197 Å². The first kappa shape index (κ1) is 43.5. The molecule has 0 spiro atoms. The SMILES string of the molecule is C=C/C=C(\C=C)c1nc(-c2ccccc2)nc(-c2cccc(-c3ccc(-n4c5ccc(-c6cccc7c6sc6ccccc67)cc5c5c6c(ccc54)c4c(n6-c5ccccc5)-c5ccccc5C4(C)C)cc3)c2)n1. The highest BCUT2D eigenvalue weighted by Crippen LogP contribution is 2.55. The molecule has 9 aromatic carbocycles. The molecule has 13 aromatic rings. The van der Waals surface area contributed by atoms with Gasteiger partial charge in [-0.05, 0) is 88.0 Å². The highest BCUT2D eigenvalue weighted by Gasteiger charge is 2.41. The minimum atomic E-state index is -0.210. The molecule has 0 fully saturated rings. The van der Waals surface area contributed by atoms with Crippen LogP contribution in [0, 0.1) is 0 Å². The average Bonchev–Trinajstić information content (AvgIpc) is 4.32. The third kappa shape index (κ3) is 6.65. The van der Waals surface area contributed by atoms with Crippen molar-refractivity contribution < 1.29 is 0 Å². The van der Waals surface area contributed by atoms with Crippen molar-refractivity contribution in [3.8, 4) is 67.7 Å². The Balaban J connectivity index is 0.973. The molecule has 74 heavy (non-hydrogen) atoms. The van der Waals surface area contributed by atoms with E-state index in [0.29, 0.717) is 17.5 Å². The monoisotopic (exact) mass is 965 g/mol. The topological polar surface area (TPSA) is 48.5 Å². The van der Waals surface area contributed by atoms with E-state index >= 15 is 0 Å². The lowest BCUT2D eigenvalue weighted by atomic mass is 9.81. The Hall–Kier alpha value is -9.23. The molecule has 1 aliphatic rings. The summed E-state index contributed by atoms with van der Waals surface area (Å²) >= 11 is 1.88. The number of nitrogens with zero attached hydrogens (tertiary/aromatic N) is 5. The van der Waals surface area contributed by atoms with Crippen molar-refractivity contribution in [1.29, 1.82) is 0 Å². The maximum Gasteiger partial charge on any atom is 0.164 e. The van der Waals surface area contributed by atoms with Crippen LogP contribution in [0.4, 0.5) is 0 Å². The molecule has 0 atom stereocenters. The lowest BCUT2D eigenvalue weighted by Crippen LogP contribution is -2.14. The van der Waals surface area contributed by atoms with Gasteiger partial charge in [0.2, 0.25) is 0 Å². The summed E-state index contributed by atoms with van der Waals surface area (Å²) in [7, 11) is 0. The summed E-state index contributed by atoms with van der Waals surface area (Å²) in [4.78, 5) is 14.9. The number of hydrogen-bond acceptors (Lipinski definition) is 4. The normalized spacial score (nSPS) is 13.0. The van der Waals surface area contributed by atoms with E-state index in [9.17, 15) is 0 Å². The highest BCUT2D eigenvalue weighted by atomic mass is 32.1. The van der Waals surface area contributed by atoms with Crippen LogP contribution in [0.5, 0.6) is 0 Å². The highest BCUT2D eigenvalue weighted by molar-refractivity contribution is 7.26. The molecular formula is C68H47N5S. The van der Waals surface area contributed by atoms with Crippen LogP contribution in [-0.4, -0.2) is 24.1 Å². The van der Waals surface area contributed by atoms with E-state index in [0.717, 1.165) is 50.2 Å². The van der Waals surface area contributed by atoms with Crippen LogP contribution in [0.1, 0.15) is 30.8 Å². The lowest BCUT2D eigenvalue weighted by molar-refractivity contribution is 0.666. The van der Waals surface area contributed by atoms with Crippen molar-refractivity contribution >= 4 is 69.8 Å². The summed E-state index contributed by atoms with van der Waals surface area (Å²) in [5.74, 6) is 1.72. The Morgan fingerprint density at radius 2 is 1.15 bits per heavy atom. The molecule has 4 heterocycles. The van der Waals surface area contributed by atoms with Crippen molar-refractivity contribution in [1.82, 2.24) is 24.1 Å². The molecule has 4 aromatic heterocycles. The first-order valence-corrected chi connectivity index (χ1v) is 25.9. The van der Waals surface area contributed by atoms with Gasteiger partial charge < -0.3 is 9.13 Å². The van der Waals surface area contributed by atoms with Crippen LogP contribution in [0.25, 0.3) is 126 Å². The molecule has 1 aliphatic carbocycles. The number of allylic oxidation sites excluding steroid dienone is 4. The standard InChI is InChI=1S/C68H47N5S/c1-5-19-42(6-2)65-69-66(44-20-9-7-10-21-44)71-67(70-65)47-23-17-22-45(40-47)43-32-35-49(36-33-43)72-57-38-34-46(50-28-18-29-52-51-26-14-16-31-59(51)74-64(50)52)41-55(57)60-58(72)39-37-54-61-63(53-27-13-15-30-56(53)68(61,3)4)73(62(54)60)48-24-11-8-12-25-48/h5-41H,1-2H2,3-4H3/b42-19+. The Labute approximate surface area is 433 Å². The van der Waals surface area contributed by atoms with Crippen molar-refractivity contribution in [2.75, 3.05) is 0 Å². The van der Waals surface area contributed by atoms with Gasteiger partial charge in [-0.25, -0.2) is 15.0 Å². The quantitative estimate of drug-likeness (QED) is 0.135. The molecule has 0 amide bonds. The minimum Gasteiger partial charge on any atom is -0.309 e. The van der Waals surface area contributed by atoms with E-state index in [1.165, 1.54) is 75.4 Å². The van der Waals surface area contributed by atoms with E-state index in [4.69, 9.17) is 15.0 Å². The predicted molar refractivity (Wildman–Crippen MR) is 312 cm³/mol. The molecule has 350 valence electrons. The van der Waals surface area contributed by atoms with Crippen molar-refractivity contribution in [2.45, 2.75) is 19.3 Å². The summed E-state index contributed by atoms with van der Waals surface area (Å²) in [5, 5.41) is 6.33. The molecule has 0 radical (unpaired) electrons. The molecule has 0 unspecified atom stereocenters. The Morgan fingerprint density at radius 3 is 1.96 bits per heavy atom. The molecule has 0 bridgehead atoms. The van der Waals surface area contributed by atoms with Crippen molar-refractivity contribution in [3.63, 3.8) is 0 Å². The van der Waals surface area contributed by atoms with E-state index in [2.05, 4.69) is 212 Å². The van der Waals surface area contributed by atoms with E-state index in [-0.39, 0.29) is 5.41 Å². The van der Waals surface area contributed by atoms with Crippen molar-refractivity contribution in [3.05, 3.63) is 255 Å². The molecule has 0 N–H and O–H groups in total. The first-order chi connectivity index (χ1) is 36.4. The van der Waals surface area contributed by atoms with Crippen LogP contribution in [0.2, 0.25) is 0 Å². The van der Waals surface area contributed by atoms with Gasteiger partial charge >= 0.3 is 0 Å². The van der Waals surface area contributed by atoms with E-state index < -0.39 is 0 Å². The van der Waals surface area contributed by atoms with Gasteiger partial charge in [0.05, 0.1) is 22.2 Å². The van der Waals surface area contributed by atoms with Crippen LogP contribution in [-0.2, 0) is 5.41 Å². The summed E-state index contributed by atoms with van der Waals surface area (Å²) in [6, 6.07) is 74.9. The first-order valence-electron chi connectivity index (χ1n) is 25.1. The van der Waals surface area contributed by atoms with Crippen LogP contribution in [0.15, 0.2) is 238 Å². The largest absolute Gasteiger partial charge is 0.309 e. The summed E-state index contributed by atoms with van der Waals surface area (Å²) < 4.78 is 7.64. The van der Waals surface area contributed by atoms with Crippen LogP contribution >= 0.6 is 11.3 Å². The number of thiophene rings is 1. The van der Waals surface area contributed by atoms with Crippen LogP contribution < -0.4 is 0 Å². The molecule has 0 aliphatic heterocycles. The lowest BCUT2D eigenvalue weighted by Gasteiger charge is -2.21. The number of benzene rings is 9. The van der Waals surface area contributed by atoms with E-state index in [1.807, 2.05) is 47.7 Å². The van der Waals surface area contributed by atoms with E-state index in [1.54, 1.807) is 12.2 Å². The average molecular weight is 966 g/mol. The molecule has 14 rings (SSSR count). The van der Waals surface area contributed by atoms with Gasteiger partial charge in [0, 0.05) is 75.4 Å². The fourth-order valence-corrected chi connectivity index (χ4v) is 13.0. The van der Waals surface area contributed by atoms with Gasteiger partial charge in [0.1, 0.15) is 0 Å². The van der Waals surface area contributed by atoms with Gasteiger partial charge in [-0.2, -0.15) is 0 Å². The smallest absolute Gasteiger partial charge is 0.164 e. The minimum absolute atomic E-state index is 0.210. The maximum absolute atomic E-state index is 5.01.